The number of carbonyl (C=O) groups excluding carboxylic acids is 1. The Kier molecular flexibility index (Phi) is 7.91. The molecule has 0 bridgehead atoms. The van der Waals surface area contributed by atoms with Gasteiger partial charge in [0.1, 0.15) is 23.9 Å². The number of hydrogen-bond donors (Lipinski definition) is 1. The molecule has 34 heavy (non-hydrogen) atoms. The van der Waals surface area contributed by atoms with Crippen LogP contribution in [-0.4, -0.2) is 55.8 Å². The van der Waals surface area contributed by atoms with E-state index in [0.717, 1.165) is 35.7 Å². The van der Waals surface area contributed by atoms with Gasteiger partial charge < -0.3 is 24.4 Å². The largest absolute Gasteiger partial charge is 0.492 e. The molecule has 1 atom stereocenters. The molecular weight excluding hydrogens is 428 g/mol. The van der Waals surface area contributed by atoms with Crippen LogP contribution >= 0.6 is 0 Å². The van der Waals surface area contributed by atoms with Crippen molar-refractivity contribution in [1.82, 2.24) is 4.90 Å². The van der Waals surface area contributed by atoms with E-state index in [1.807, 2.05) is 47.2 Å². The van der Waals surface area contributed by atoms with Crippen LogP contribution in [0.2, 0.25) is 0 Å². The van der Waals surface area contributed by atoms with Crippen molar-refractivity contribution < 1.29 is 19.4 Å². The first-order valence-corrected chi connectivity index (χ1v) is 12.3. The zero-order chi connectivity index (χ0) is 24.1. The summed E-state index contributed by atoms with van der Waals surface area (Å²) in [6.45, 7) is 8.86. The summed E-state index contributed by atoms with van der Waals surface area (Å²) in [7, 11) is 1.96. The minimum Gasteiger partial charge on any atom is -0.492 e. The van der Waals surface area contributed by atoms with E-state index >= 15 is 0 Å². The fourth-order valence-corrected chi connectivity index (χ4v) is 4.43. The van der Waals surface area contributed by atoms with Crippen LogP contribution < -0.4 is 14.4 Å². The number of anilines is 1. The van der Waals surface area contributed by atoms with Gasteiger partial charge in [0.05, 0.1) is 12.5 Å². The molecule has 1 saturated carbocycles. The van der Waals surface area contributed by atoms with E-state index in [1.165, 1.54) is 18.4 Å². The van der Waals surface area contributed by atoms with Crippen molar-refractivity contribution in [2.75, 3.05) is 44.8 Å². The zero-order valence-electron chi connectivity index (χ0n) is 20.3. The molecule has 1 amide bonds. The quantitative estimate of drug-likeness (QED) is 0.473. The Morgan fingerprint density at radius 2 is 1.91 bits per heavy atom. The van der Waals surface area contributed by atoms with Gasteiger partial charge in [0, 0.05) is 25.3 Å². The van der Waals surface area contributed by atoms with Gasteiger partial charge in [-0.1, -0.05) is 25.6 Å². The SMILES string of the molecule is C=C(Oc1ccc(C2CC2)cc1)[C@H]1CCN(c2ccc(OCCN(C)CCO)c(CC)c2)C1=O. The normalized spacial score (nSPS) is 17.9. The highest BCUT2D eigenvalue weighted by atomic mass is 16.5. The molecule has 4 rings (SSSR count). The second-order valence-corrected chi connectivity index (χ2v) is 9.26. The average molecular weight is 465 g/mol. The van der Waals surface area contributed by atoms with Crippen LogP contribution in [0.15, 0.2) is 54.8 Å². The molecule has 2 aromatic carbocycles. The van der Waals surface area contributed by atoms with E-state index in [4.69, 9.17) is 14.6 Å². The highest BCUT2D eigenvalue weighted by Crippen LogP contribution is 2.40. The standard InChI is InChI=1S/C28H36N2O4/c1-4-21-19-24(9-12-27(21)33-18-16-29(3)15-17-31)30-14-13-26(28(30)32)20(2)34-25-10-7-23(8-11-25)22-5-6-22/h7-12,19,22,26,31H,2,4-6,13-18H2,1,3H3/t26-/m1/s1. The molecule has 6 nitrogen and oxygen atoms in total. The lowest BCUT2D eigenvalue weighted by atomic mass is 10.1. The number of aryl methyl sites for hydroxylation is 1. The van der Waals surface area contributed by atoms with Gasteiger partial charge in [-0.05, 0) is 80.1 Å². The fourth-order valence-electron chi connectivity index (χ4n) is 4.43. The van der Waals surface area contributed by atoms with Crippen molar-refractivity contribution in [3.8, 4) is 11.5 Å². The van der Waals surface area contributed by atoms with Crippen molar-refractivity contribution in [3.63, 3.8) is 0 Å². The lowest BCUT2D eigenvalue weighted by Crippen LogP contribution is -2.28. The van der Waals surface area contributed by atoms with Crippen LogP contribution in [-0.2, 0) is 11.2 Å². The Morgan fingerprint density at radius 1 is 1.15 bits per heavy atom. The summed E-state index contributed by atoms with van der Waals surface area (Å²) in [5.74, 6) is 2.48. The van der Waals surface area contributed by atoms with Gasteiger partial charge in [-0.2, -0.15) is 0 Å². The Hall–Kier alpha value is -2.83. The Balaban J connectivity index is 1.35. The highest BCUT2D eigenvalue weighted by molar-refractivity contribution is 5.98. The maximum Gasteiger partial charge on any atom is 0.237 e. The summed E-state index contributed by atoms with van der Waals surface area (Å²) in [5.41, 5.74) is 3.32. The predicted molar refractivity (Wildman–Crippen MR) is 135 cm³/mol. The number of likely N-dealkylation sites (N-methyl/N-ethyl adjacent to an activating group) is 1. The van der Waals surface area contributed by atoms with E-state index in [0.29, 0.717) is 37.8 Å². The molecule has 6 heteroatoms. The molecule has 0 spiro atoms. The number of ether oxygens (including phenoxy) is 2. The molecule has 0 aromatic heterocycles. The van der Waals surface area contributed by atoms with E-state index in [-0.39, 0.29) is 18.4 Å². The number of aliphatic hydroxyl groups excluding tert-OH is 1. The van der Waals surface area contributed by atoms with Crippen molar-refractivity contribution in [3.05, 3.63) is 65.9 Å². The summed E-state index contributed by atoms with van der Waals surface area (Å²) in [6.07, 6.45) is 4.05. The zero-order valence-corrected chi connectivity index (χ0v) is 20.3. The third kappa shape index (κ3) is 5.80. The van der Waals surface area contributed by atoms with Crippen LogP contribution in [0.3, 0.4) is 0 Å². The number of rotatable bonds is 12. The topological polar surface area (TPSA) is 62.2 Å². The third-order valence-electron chi connectivity index (χ3n) is 6.72. The summed E-state index contributed by atoms with van der Waals surface area (Å²) in [5, 5.41) is 9.02. The first-order valence-electron chi connectivity index (χ1n) is 12.3. The number of benzene rings is 2. The lowest BCUT2D eigenvalue weighted by Gasteiger charge is -2.21. The van der Waals surface area contributed by atoms with Crippen molar-refractivity contribution >= 4 is 11.6 Å². The summed E-state index contributed by atoms with van der Waals surface area (Å²) in [4.78, 5) is 17.1. The molecule has 2 aromatic rings. The molecule has 2 fully saturated rings. The molecule has 1 saturated heterocycles. The second kappa shape index (κ2) is 11.1. The second-order valence-electron chi connectivity index (χ2n) is 9.26. The van der Waals surface area contributed by atoms with Crippen LogP contribution in [0.5, 0.6) is 11.5 Å². The smallest absolute Gasteiger partial charge is 0.237 e. The number of nitrogens with zero attached hydrogens (tertiary/aromatic N) is 2. The van der Waals surface area contributed by atoms with Gasteiger partial charge in [-0.25, -0.2) is 0 Å². The van der Waals surface area contributed by atoms with E-state index < -0.39 is 0 Å². The van der Waals surface area contributed by atoms with Gasteiger partial charge in [0.15, 0.2) is 0 Å². The van der Waals surface area contributed by atoms with Crippen LogP contribution in [0.25, 0.3) is 0 Å². The molecule has 1 aliphatic carbocycles. The van der Waals surface area contributed by atoms with Gasteiger partial charge in [0.2, 0.25) is 5.91 Å². The van der Waals surface area contributed by atoms with Crippen LogP contribution in [0.4, 0.5) is 5.69 Å². The lowest BCUT2D eigenvalue weighted by molar-refractivity contribution is -0.119. The Morgan fingerprint density at radius 3 is 2.59 bits per heavy atom. The van der Waals surface area contributed by atoms with E-state index in [2.05, 4.69) is 25.6 Å². The van der Waals surface area contributed by atoms with E-state index in [9.17, 15) is 4.79 Å². The van der Waals surface area contributed by atoms with Crippen LogP contribution in [0, 0.1) is 5.92 Å². The molecule has 182 valence electrons. The summed E-state index contributed by atoms with van der Waals surface area (Å²) < 4.78 is 12.0. The first-order chi connectivity index (χ1) is 16.5. The number of hydrogen-bond acceptors (Lipinski definition) is 5. The maximum absolute atomic E-state index is 13.2. The molecule has 0 radical (unpaired) electrons. The minimum absolute atomic E-state index is 0.0287. The summed E-state index contributed by atoms with van der Waals surface area (Å²) >= 11 is 0. The Bertz CT molecular complexity index is 1000. The number of carbonyl (C=O) groups is 1. The third-order valence-corrected chi connectivity index (χ3v) is 6.72. The monoisotopic (exact) mass is 464 g/mol. The predicted octanol–water partition coefficient (Wildman–Crippen LogP) is 4.37. The highest BCUT2D eigenvalue weighted by Gasteiger charge is 2.36. The fraction of sp³-hybridized carbons (Fsp3) is 0.464. The Labute approximate surface area is 202 Å². The van der Waals surface area contributed by atoms with Crippen molar-refractivity contribution in [2.45, 2.75) is 38.5 Å². The van der Waals surface area contributed by atoms with Gasteiger partial charge in [0.25, 0.3) is 0 Å². The average Bonchev–Trinajstić information content (AvgIpc) is 3.61. The van der Waals surface area contributed by atoms with Crippen molar-refractivity contribution in [2.24, 2.45) is 5.92 Å². The summed E-state index contributed by atoms with van der Waals surface area (Å²) in [6, 6.07) is 14.1. The number of aliphatic hydroxyl groups is 1. The molecular formula is C28H36N2O4. The number of amides is 1. The molecule has 1 aliphatic heterocycles. The van der Waals surface area contributed by atoms with Gasteiger partial charge in [-0.3, -0.25) is 4.79 Å². The molecule has 1 heterocycles. The van der Waals surface area contributed by atoms with Gasteiger partial charge >= 0.3 is 0 Å². The van der Waals surface area contributed by atoms with Crippen molar-refractivity contribution in [1.29, 1.82) is 0 Å². The van der Waals surface area contributed by atoms with Gasteiger partial charge in [-0.15, -0.1) is 0 Å². The molecule has 2 aliphatic rings. The molecule has 0 unspecified atom stereocenters. The molecule has 1 N–H and O–H groups in total. The minimum atomic E-state index is -0.342. The van der Waals surface area contributed by atoms with Crippen LogP contribution in [0.1, 0.15) is 43.2 Å². The van der Waals surface area contributed by atoms with E-state index in [1.54, 1.807) is 0 Å². The maximum atomic E-state index is 13.2. The first kappa shape index (κ1) is 24.3.